The summed E-state index contributed by atoms with van der Waals surface area (Å²) in [6.45, 7) is 0. The van der Waals surface area contributed by atoms with Gasteiger partial charge in [0.1, 0.15) is 0 Å². The molecule has 0 aliphatic heterocycles. The second-order valence-corrected chi connectivity index (χ2v) is 0. The molecular formula is CuGaSSeZn+7. The van der Waals surface area contributed by atoms with E-state index in [0.29, 0.717) is 0 Å². The van der Waals surface area contributed by atoms with Crippen molar-refractivity contribution in [1.29, 1.82) is 0 Å². The van der Waals surface area contributed by atoms with Gasteiger partial charge in [-0.25, -0.2) is 0 Å². The van der Waals surface area contributed by atoms with Crippen molar-refractivity contribution < 1.29 is 36.5 Å². The number of hydrogen-bond donors (Lipinski definition) is 0. The van der Waals surface area contributed by atoms with E-state index >= 15 is 0 Å². The fourth-order valence-electron chi connectivity index (χ4n) is 0. The van der Waals surface area contributed by atoms with Gasteiger partial charge in [-0.15, -0.1) is 0 Å². The molecule has 0 saturated heterocycles. The van der Waals surface area contributed by atoms with Crippen LogP contribution in [0.15, 0.2) is 0 Å². The van der Waals surface area contributed by atoms with Crippen molar-refractivity contribution in [3.8, 4) is 0 Å². The smallest absolute Gasteiger partial charge is 2.00 e. The molecule has 0 N–H and O–H groups in total. The van der Waals surface area contributed by atoms with Crippen LogP contribution in [-0.4, -0.2) is 36.9 Å². The molecule has 0 fully saturated rings. The van der Waals surface area contributed by atoms with E-state index in [4.69, 9.17) is 0 Å². The van der Waals surface area contributed by atoms with Crippen molar-refractivity contribution in [3.05, 3.63) is 0 Å². The molecule has 0 heterocycles. The molecule has 0 amide bonds. The van der Waals surface area contributed by atoms with Gasteiger partial charge in [0.25, 0.3) is 0 Å². The Hall–Kier alpha value is 2.65. The molecule has 0 saturated carbocycles. The summed E-state index contributed by atoms with van der Waals surface area (Å²) in [5, 5.41) is 0. The minimum absolute atomic E-state index is 0. The minimum Gasteiger partial charge on any atom is -2.00 e. The van der Waals surface area contributed by atoms with Gasteiger partial charge < -0.3 is 17.1 Å². The summed E-state index contributed by atoms with van der Waals surface area (Å²) in [6.07, 6.45) is 0. The van der Waals surface area contributed by atoms with Gasteiger partial charge in [-0.05, 0) is 0 Å². The summed E-state index contributed by atoms with van der Waals surface area (Å²) < 4.78 is 0. The van der Waals surface area contributed by atoms with E-state index in [1.54, 1.807) is 0 Å². The maximum Gasteiger partial charge on any atom is 3.00 e. The molecule has 0 aliphatic carbocycles. The van der Waals surface area contributed by atoms with Gasteiger partial charge in [0.15, 0.2) is 0 Å². The Morgan fingerprint density at radius 2 is 1.00 bits per heavy atom. The van der Waals surface area contributed by atoms with Gasteiger partial charge in [-0.2, -0.15) is 0 Å². The van der Waals surface area contributed by atoms with Crippen LogP contribution in [0.3, 0.4) is 0 Å². The standard InChI is InChI=1S/Cu.Ga.S.Se.Zn/q+2;+3;+2;-2;+2. The van der Waals surface area contributed by atoms with Gasteiger partial charge in [-0.3, -0.25) is 0 Å². The Kier molecular flexibility index (Phi) is 291. The van der Waals surface area contributed by atoms with Gasteiger partial charge in [0.2, 0.25) is 0 Å². The van der Waals surface area contributed by atoms with Crippen LogP contribution in [0, 0.1) is 0 Å². The predicted molar refractivity (Wildman–Crippen MR) is 18.9 cm³/mol. The Labute approximate surface area is 85.8 Å². The molecule has 5 heavy (non-hydrogen) atoms. The zero-order valence-corrected chi connectivity index (χ0v) is 11.3. The molecule has 0 bridgehead atoms. The summed E-state index contributed by atoms with van der Waals surface area (Å²) in [7, 11) is 0. The Balaban J connectivity index is 0. The van der Waals surface area contributed by atoms with Crippen LogP contribution in [0.5, 0.6) is 0 Å². The van der Waals surface area contributed by atoms with Crippen molar-refractivity contribution >= 4 is 50.4 Å². The zero-order chi connectivity index (χ0) is 0. The first-order valence-electron chi connectivity index (χ1n) is 0. The van der Waals surface area contributed by atoms with E-state index in [9.17, 15) is 0 Å². The van der Waals surface area contributed by atoms with Crippen molar-refractivity contribution in [1.82, 2.24) is 0 Å². The van der Waals surface area contributed by atoms with E-state index in [0.717, 1.165) is 0 Å². The van der Waals surface area contributed by atoms with Crippen LogP contribution in [-0.2, 0) is 50.0 Å². The molecule has 0 aromatic carbocycles. The van der Waals surface area contributed by atoms with Crippen LogP contribution in [0.2, 0.25) is 0 Å². The fraction of sp³-hybridized carbons (Fsp3) is 0. The maximum atomic E-state index is 0. The quantitative estimate of drug-likeness (QED) is 0.516. The first-order valence-corrected chi connectivity index (χ1v) is 0. The summed E-state index contributed by atoms with van der Waals surface area (Å²) in [5.74, 6) is 0. The molecule has 0 aliphatic rings. The largest absolute Gasteiger partial charge is 3.00 e. The normalized spacial score (nSPS) is 0. The van der Waals surface area contributed by atoms with E-state index < -0.39 is 0 Å². The molecule has 0 aromatic rings. The van der Waals surface area contributed by atoms with E-state index in [-0.39, 0.29) is 86.9 Å². The molecule has 0 aromatic heterocycles. The van der Waals surface area contributed by atoms with Crippen LogP contribution < -0.4 is 0 Å². The summed E-state index contributed by atoms with van der Waals surface area (Å²) in [5.41, 5.74) is 0. The molecule has 0 spiro atoms. The van der Waals surface area contributed by atoms with Crippen LogP contribution in [0.4, 0.5) is 0 Å². The first-order chi connectivity index (χ1) is 0. The average molecular weight is 310 g/mol. The Morgan fingerprint density at radius 3 is 1.00 bits per heavy atom. The third-order valence-corrected chi connectivity index (χ3v) is 0. The van der Waals surface area contributed by atoms with Gasteiger partial charge >= 0.3 is 69.8 Å². The second kappa shape index (κ2) is 30.2. The van der Waals surface area contributed by atoms with Crippen LogP contribution in [0.25, 0.3) is 0 Å². The van der Waals surface area contributed by atoms with Gasteiger partial charge in [-0.1, -0.05) is 0 Å². The zero-order valence-electron chi connectivity index (χ0n) is 2.40. The molecule has 5 heteroatoms. The third kappa shape index (κ3) is 20.5. The van der Waals surface area contributed by atoms with Crippen LogP contribution in [0.1, 0.15) is 0 Å². The van der Waals surface area contributed by atoms with Crippen molar-refractivity contribution in [3.63, 3.8) is 0 Å². The third-order valence-electron chi connectivity index (χ3n) is 0. The predicted octanol–water partition coefficient (Wildman–Crippen LogP) is -0.769. The Morgan fingerprint density at radius 1 is 1.00 bits per heavy atom. The number of rotatable bonds is 0. The van der Waals surface area contributed by atoms with Crippen molar-refractivity contribution in [2.45, 2.75) is 0 Å². The molecule has 0 nitrogen and oxygen atoms in total. The topological polar surface area (TPSA) is 0 Å². The SMILES string of the molecule is [Cu+2].[Ga+3].[S+2].[Se-2].[Zn+2]. The molecule has 0 rings (SSSR count). The van der Waals surface area contributed by atoms with Crippen molar-refractivity contribution in [2.75, 3.05) is 0 Å². The minimum atomic E-state index is 0. The Bertz CT molecular complexity index is 11.6. The van der Waals surface area contributed by atoms with Gasteiger partial charge in [0.05, 0.1) is 0 Å². The fourth-order valence-corrected chi connectivity index (χ4v) is 0. The van der Waals surface area contributed by atoms with Gasteiger partial charge in [0, 0.05) is 0 Å². The first kappa shape index (κ1) is 48.2. The monoisotopic (exact) mass is 308 g/mol. The summed E-state index contributed by atoms with van der Waals surface area (Å²) in [6, 6.07) is 0. The average Bonchev–Trinajstić information content (AvgIpc) is 0. The van der Waals surface area contributed by atoms with E-state index in [1.165, 1.54) is 0 Å². The second-order valence-electron chi connectivity index (χ2n) is 0. The van der Waals surface area contributed by atoms with E-state index in [1.807, 2.05) is 0 Å². The van der Waals surface area contributed by atoms with Crippen molar-refractivity contribution in [2.24, 2.45) is 0 Å². The molecule has 21 valence electrons. The maximum absolute atomic E-state index is 0. The summed E-state index contributed by atoms with van der Waals surface area (Å²) in [4.78, 5) is 0. The van der Waals surface area contributed by atoms with E-state index in [2.05, 4.69) is 0 Å². The molecule has 0 atom stereocenters. The molecule has 0 unspecified atom stereocenters. The number of hydrogen-bond acceptors (Lipinski definition) is 0. The molecular weight excluding hydrogens is 310 g/mol. The summed E-state index contributed by atoms with van der Waals surface area (Å²) >= 11 is 0. The van der Waals surface area contributed by atoms with Crippen LogP contribution >= 0.6 is 0 Å². The molecule has 5 radical (unpaired) electrons.